The van der Waals surface area contributed by atoms with Gasteiger partial charge >= 0.3 is 5.97 Å². The molecule has 2 unspecified atom stereocenters. The van der Waals surface area contributed by atoms with Crippen molar-refractivity contribution in [1.82, 2.24) is 10.2 Å². The summed E-state index contributed by atoms with van der Waals surface area (Å²) in [6.45, 7) is -0.889. The predicted octanol–water partition coefficient (Wildman–Crippen LogP) is -1.03. The molecule has 1 aliphatic carbocycles. The number of carbonyl (C=O) groups is 4. The molecule has 2 N–H and O–H groups in total. The van der Waals surface area contributed by atoms with Gasteiger partial charge in [-0.15, -0.1) is 0 Å². The Morgan fingerprint density at radius 1 is 1.22 bits per heavy atom. The van der Waals surface area contributed by atoms with Crippen molar-refractivity contribution in [3.05, 3.63) is 0 Å². The van der Waals surface area contributed by atoms with E-state index in [-0.39, 0.29) is 30.2 Å². The van der Waals surface area contributed by atoms with Crippen LogP contribution in [0.25, 0.3) is 0 Å². The Morgan fingerprint density at radius 2 is 1.78 bits per heavy atom. The van der Waals surface area contributed by atoms with Gasteiger partial charge in [0.25, 0.3) is 0 Å². The zero-order valence-electron chi connectivity index (χ0n) is 9.72. The minimum atomic E-state index is -1.17. The highest BCUT2D eigenvalue weighted by Crippen LogP contribution is 2.39. The smallest absolute Gasteiger partial charge is 0.322 e. The molecule has 7 heteroatoms. The van der Waals surface area contributed by atoms with E-state index in [0.717, 1.165) is 11.3 Å². The fourth-order valence-electron chi connectivity index (χ4n) is 2.59. The number of hydrogen-bond acceptors (Lipinski definition) is 4. The van der Waals surface area contributed by atoms with Crippen molar-refractivity contribution in [2.24, 2.45) is 11.8 Å². The highest BCUT2D eigenvalue weighted by molar-refractivity contribution is 6.07. The molecule has 1 aliphatic heterocycles. The van der Waals surface area contributed by atoms with Gasteiger partial charge in [-0.1, -0.05) is 6.42 Å². The maximum Gasteiger partial charge on any atom is 0.322 e. The Hall–Kier alpha value is -1.92. The van der Waals surface area contributed by atoms with Crippen molar-refractivity contribution in [3.8, 4) is 0 Å². The average Bonchev–Trinajstić information content (AvgIpc) is 2.87. The molecule has 0 aromatic rings. The SMILES string of the molecule is O=C(O)CNC(=O)CN1C(=O)C2CCCC2C1=O. The van der Waals surface area contributed by atoms with Crippen molar-refractivity contribution in [2.75, 3.05) is 13.1 Å². The minimum Gasteiger partial charge on any atom is -0.480 e. The predicted molar refractivity (Wildman–Crippen MR) is 58.2 cm³/mol. The summed E-state index contributed by atoms with van der Waals surface area (Å²) >= 11 is 0. The second kappa shape index (κ2) is 4.75. The lowest BCUT2D eigenvalue weighted by Crippen LogP contribution is -2.42. The summed E-state index contributed by atoms with van der Waals surface area (Å²) in [6.07, 6.45) is 2.26. The quantitative estimate of drug-likeness (QED) is 0.624. The summed E-state index contributed by atoms with van der Waals surface area (Å²) in [4.78, 5) is 46.4. The van der Waals surface area contributed by atoms with Crippen LogP contribution in [0.2, 0.25) is 0 Å². The lowest BCUT2D eigenvalue weighted by molar-refractivity contribution is -0.144. The van der Waals surface area contributed by atoms with Crippen LogP contribution >= 0.6 is 0 Å². The molecule has 0 radical (unpaired) electrons. The van der Waals surface area contributed by atoms with Gasteiger partial charge in [0.2, 0.25) is 17.7 Å². The number of fused-ring (bicyclic) bond motifs is 1. The number of hydrogen-bond donors (Lipinski definition) is 2. The summed E-state index contributed by atoms with van der Waals surface area (Å²) in [5.74, 6) is -2.94. The molecule has 1 heterocycles. The van der Waals surface area contributed by atoms with Gasteiger partial charge in [-0.3, -0.25) is 24.1 Å². The third kappa shape index (κ3) is 2.20. The van der Waals surface area contributed by atoms with Crippen LogP contribution in [0, 0.1) is 11.8 Å². The molecule has 1 saturated carbocycles. The number of carbonyl (C=O) groups excluding carboxylic acids is 3. The van der Waals surface area contributed by atoms with Gasteiger partial charge in [-0.05, 0) is 12.8 Å². The summed E-state index contributed by atoms with van der Waals surface area (Å²) in [5, 5.41) is 10.5. The molecule has 0 aromatic heterocycles. The van der Waals surface area contributed by atoms with Crippen LogP contribution in [0.3, 0.4) is 0 Å². The maximum atomic E-state index is 11.9. The van der Waals surface area contributed by atoms with Crippen molar-refractivity contribution in [1.29, 1.82) is 0 Å². The van der Waals surface area contributed by atoms with E-state index in [1.165, 1.54) is 0 Å². The van der Waals surface area contributed by atoms with E-state index in [1.54, 1.807) is 0 Å². The molecule has 2 aliphatic rings. The first kappa shape index (κ1) is 12.5. The van der Waals surface area contributed by atoms with Crippen molar-refractivity contribution < 1.29 is 24.3 Å². The van der Waals surface area contributed by atoms with Crippen LogP contribution in [-0.4, -0.2) is 46.8 Å². The molecule has 2 fully saturated rings. The zero-order chi connectivity index (χ0) is 13.3. The Kier molecular flexibility index (Phi) is 3.31. The van der Waals surface area contributed by atoms with Gasteiger partial charge < -0.3 is 10.4 Å². The highest BCUT2D eigenvalue weighted by atomic mass is 16.4. The van der Waals surface area contributed by atoms with Crippen molar-refractivity contribution >= 4 is 23.7 Å². The summed E-state index contributed by atoms with van der Waals surface area (Å²) in [7, 11) is 0. The number of likely N-dealkylation sites (tertiary alicyclic amines) is 1. The molecule has 3 amide bonds. The van der Waals surface area contributed by atoms with E-state index < -0.39 is 18.4 Å². The molecule has 2 atom stereocenters. The first-order valence-corrected chi connectivity index (χ1v) is 5.84. The Morgan fingerprint density at radius 3 is 2.28 bits per heavy atom. The molecule has 0 aromatic carbocycles. The average molecular weight is 254 g/mol. The molecule has 0 bridgehead atoms. The number of nitrogens with one attached hydrogen (secondary N) is 1. The Balaban J connectivity index is 1.94. The van der Waals surface area contributed by atoms with E-state index in [4.69, 9.17) is 5.11 Å². The number of aliphatic carboxylic acids is 1. The van der Waals surface area contributed by atoms with Gasteiger partial charge in [0.1, 0.15) is 13.1 Å². The third-order valence-electron chi connectivity index (χ3n) is 3.42. The molecule has 18 heavy (non-hydrogen) atoms. The number of carboxylic acid groups (broad SMARTS) is 1. The summed E-state index contributed by atoms with van der Waals surface area (Å²) in [5.41, 5.74) is 0. The molecular formula is C11H14N2O5. The fourth-order valence-corrected chi connectivity index (χ4v) is 2.59. The number of rotatable bonds is 4. The molecule has 7 nitrogen and oxygen atoms in total. The van der Waals surface area contributed by atoms with Crippen molar-refractivity contribution in [3.63, 3.8) is 0 Å². The molecule has 1 saturated heterocycles. The number of amides is 3. The fraction of sp³-hybridized carbons (Fsp3) is 0.636. The van der Waals surface area contributed by atoms with Crippen LogP contribution in [0.15, 0.2) is 0 Å². The normalized spacial score (nSPS) is 26.3. The van der Waals surface area contributed by atoms with Crippen LogP contribution < -0.4 is 5.32 Å². The molecular weight excluding hydrogens is 240 g/mol. The van der Waals surface area contributed by atoms with Crippen LogP contribution in [-0.2, 0) is 19.2 Å². The van der Waals surface area contributed by atoms with E-state index in [0.29, 0.717) is 12.8 Å². The van der Waals surface area contributed by atoms with Gasteiger partial charge in [0.15, 0.2) is 0 Å². The van der Waals surface area contributed by atoms with Crippen LogP contribution in [0.5, 0.6) is 0 Å². The zero-order valence-corrected chi connectivity index (χ0v) is 9.72. The molecule has 0 spiro atoms. The Bertz CT molecular complexity index is 398. The third-order valence-corrected chi connectivity index (χ3v) is 3.42. The highest BCUT2D eigenvalue weighted by Gasteiger charge is 2.49. The van der Waals surface area contributed by atoms with E-state index in [1.807, 2.05) is 0 Å². The largest absolute Gasteiger partial charge is 0.480 e. The first-order chi connectivity index (χ1) is 8.50. The monoisotopic (exact) mass is 254 g/mol. The summed E-state index contributed by atoms with van der Waals surface area (Å²) < 4.78 is 0. The van der Waals surface area contributed by atoms with Gasteiger partial charge in [0.05, 0.1) is 11.8 Å². The first-order valence-electron chi connectivity index (χ1n) is 5.84. The van der Waals surface area contributed by atoms with Gasteiger partial charge in [0, 0.05) is 0 Å². The number of imide groups is 1. The number of carboxylic acids is 1. The summed E-state index contributed by atoms with van der Waals surface area (Å²) in [6, 6.07) is 0. The standard InChI is InChI=1S/C11H14N2O5/c14-8(12-4-9(15)16)5-13-10(17)6-2-1-3-7(6)11(13)18/h6-7H,1-5H2,(H,12,14)(H,15,16). The second-order valence-corrected chi connectivity index (χ2v) is 4.58. The van der Waals surface area contributed by atoms with Gasteiger partial charge in [-0.2, -0.15) is 0 Å². The van der Waals surface area contributed by atoms with Crippen LogP contribution in [0.4, 0.5) is 0 Å². The van der Waals surface area contributed by atoms with E-state index >= 15 is 0 Å². The van der Waals surface area contributed by atoms with E-state index in [9.17, 15) is 19.2 Å². The lowest BCUT2D eigenvalue weighted by Gasteiger charge is -2.14. The maximum absolute atomic E-state index is 11.9. The molecule has 98 valence electrons. The minimum absolute atomic E-state index is 0.273. The van der Waals surface area contributed by atoms with Gasteiger partial charge in [-0.25, -0.2) is 0 Å². The van der Waals surface area contributed by atoms with Crippen molar-refractivity contribution in [2.45, 2.75) is 19.3 Å². The Labute approximate surface area is 103 Å². The lowest BCUT2D eigenvalue weighted by atomic mass is 10.00. The second-order valence-electron chi connectivity index (χ2n) is 4.58. The molecule has 2 rings (SSSR count). The van der Waals surface area contributed by atoms with Crippen LogP contribution in [0.1, 0.15) is 19.3 Å². The number of nitrogens with zero attached hydrogens (tertiary/aromatic N) is 1. The topological polar surface area (TPSA) is 104 Å². The van der Waals surface area contributed by atoms with E-state index in [2.05, 4.69) is 5.32 Å².